The lowest BCUT2D eigenvalue weighted by atomic mass is 10.3. The summed E-state index contributed by atoms with van der Waals surface area (Å²) in [6, 6.07) is 4.66. The SMILES string of the molecule is NC(CC(=O)Nc1ccc(Cl)cc1Cl)=NO. The number of amides is 1. The first-order valence-electron chi connectivity index (χ1n) is 4.24. The highest BCUT2D eigenvalue weighted by molar-refractivity contribution is 6.36. The summed E-state index contributed by atoms with van der Waals surface area (Å²) in [4.78, 5) is 11.3. The number of hydrogen-bond acceptors (Lipinski definition) is 3. The van der Waals surface area contributed by atoms with Crippen molar-refractivity contribution in [1.82, 2.24) is 0 Å². The lowest BCUT2D eigenvalue weighted by molar-refractivity contribution is -0.115. The topological polar surface area (TPSA) is 87.7 Å². The van der Waals surface area contributed by atoms with Gasteiger partial charge in [-0.15, -0.1) is 0 Å². The van der Waals surface area contributed by atoms with E-state index in [1.54, 1.807) is 12.1 Å². The van der Waals surface area contributed by atoms with Crippen molar-refractivity contribution in [3.63, 3.8) is 0 Å². The first-order chi connectivity index (χ1) is 7.52. The summed E-state index contributed by atoms with van der Waals surface area (Å²) in [5.74, 6) is -0.609. The predicted molar refractivity (Wildman–Crippen MR) is 63.1 cm³/mol. The fraction of sp³-hybridized carbons (Fsp3) is 0.111. The fourth-order valence-corrected chi connectivity index (χ4v) is 1.44. The monoisotopic (exact) mass is 261 g/mol. The fourth-order valence-electron chi connectivity index (χ4n) is 0.985. The van der Waals surface area contributed by atoms with E-state index in [1.165, 1.54) is 6.07 Å². The standard InChI is InChI=1S/C9H9Cl2N3O2/c10-5-1-2-7(6(11)3-5)13-9(15)4-8(12)14-16/h1-3,16H,4H2,(H2,12,14)(H,13,15). The largest absolute Gasteiger partial charge is 0.409 e. The van der Waals surface area contributed by atoms with Crippen LogP contribution in [0.4, 0.5) is 5.69 Å². The van der Waals surface area contributed by atoms with Crippen molar-refractivity contribution in [2.24, 2.45) is 10.9 Å². The molecule has 1 aromatic rings. The van der Waals surface area contributed by atoms with E-state index in [0.29, 0.717) is 15.7 Å². The quantitative estimate of drug-likeness (QED) is 0.337. The van der Waals surface area contributed by atoms with E-state index in [0.717, 1.165) is 0 Å². The third kappa shape index (κ3) is 3.60. The van der Waals surface area contributed by atoms with E-state index in [1.807, 2.05) is 0 Å². The Labute approximate surface area is 102 Å². The van der Waals surface area contributed by atoms with E-state index < -0.39 is 5.91 Å². The molecule has 0 radical (unpaired) electrons. The number of nitrogens with one attached hydrogen (secondary N) is 1. The molecule has 0 heterocycles. The molecule has 4 N–H and O–H groups in total. The maximum absolute atomic E-state index is 11.3. The van der Waals surface area contributed by atoms with Gasteiger partial charge in [-0.2, -0.15) is 0 Å². The zero-order valence-corrected chi connectivity index (χ0v) is 9.59. The van der Waals surface area contributed by atoms with Gasteiger partial charge in [0.2, 0.25) is 5.91 Å². The normalized spacial score (nSPS) is 11.2. The zero-order valence-electron chi connectivity index (χ0n) is 8.08. The Morgan fingerprint density at radius 1 is 1.50 bits per heavy atom. The molecule has 1 amide bonds. The second-order valence-corrected chi connectivity index (χ2v) is 3.78. The van der Waals surface area contributed by atoms with Crippen LogP contribution in [0.1, 0.15) is 6.42 Å². The maximum Gasteiger partial charge on any atom is 0.232 e. The smallest absolute Gasteiger partial charge is 0.232 e. The second-order valence-electron chi connectivity index (χ2n) is 2.94. The number of carbonyl (C=O) groups excluding carboxylic acids is 1. The van der Waals surface area contributed by atoms with Crippen molar-refractivity contribution < 1.29 is 10.0 Å². The Hall–Kier alpha value is -1.46. The van der Waals surface area contributed by atoms with Crippen LogP contribution in [0.5, 0.6) is 0 Å². The molecule has 5 nitrogen and oxygen atoms in total. The first kappa shape index (κ1) is 12.6. The van der Waals surface area contributed by atoms with Gasteiger partial charge in [-0.1, -0.05) is 28.4 Å². The predicted octanol–water partition coefficient (Wildman–Crippen LogP) is 2.07. The van der Waals surface area contributed by atoms with Gasteiger partial charge in [-0.3, -0.25) is 4.79 Å². The Morgan fingerprint density at radius 2 is 2.19 bits per heavy atom. The van der Waals surface area contributed by atoms with Crippen LogP contribution in [-0.2, 0) is 4.79 Å². The molecule has 0 aliphatic rings. The molecule has 86 valence electrons. The van der Waals surface area contributed by atoms with Crippen molar-refractivity contribution >= 4 is 40.6 Å². The van der Waals surface area contributed by atoms with Crippen LogP contribution < -0.4 is 11.1 Å². The Balaban J connectivity index is 2.70. The van der Waals surface area contributed by atoms with E-state index in [4.69, 9.17) is 34.1 Å². The molecule has 0 unspecified atom stereocenters. The van der Waals surface area contributed by atoms with Crippen molar-refractivity contribution in [2.75, 3.05) is 5.32 Å². The first-order valence-corrected chi connectivity index (χ1v) is 5.00. The van der Waals surface area contributed by atoms with Gasteiger partial charge in [0.25, 0.3) is 0 Å². The van der Waals surface area contributed by atoms with Gasteiger partial charge in [-0.25, -0.2) is 0 Å². The van der Waals surface area contributed by atoms with Crippen LogP contribution in [0.3, 0.4) is 0 Å². The molecule has 1 aromatic carbocycles. The van der Waals surface area contributed by atoms with E-state index in [9.17, 15) is 4.79 Å². The average molecular weight is 262 g/mol. The van der Waals surface area contributed by atoms with Crippen molar-refractivity contribution in [3.05, 3.63) is 28.2 Å². The van der Waals surface area contributed by atoms with Gasteiger partial charge in [0.05, 0.1) is 17.1 Å². The summed E-state index contributed by atoms with van der Waals surface area (Å²) in [5, 5.41) is 14.3. The summed E-state index contributed by atoms with van der Waals surface area (Å²) < 4.78 is 0. The third-order valence-electron chi connectivity index (χ3n) is 1.68. The molecule has 0 aliphatic heterocycles. The van der Waals surface area contributed by atoms with E-state index in [-0.39, 0.29) is 12.3 Å². The van der Waals surface area contributed by atoms with Gasteiger partial charge < -0.3 is 16.3 Å². The highest BCUT2D eigenvalue weighted by Gasteiger charge is 2.08. The Morgan fingerprint density at radius 3 is 2.75 bits per heavy atom. The van der Waals surface area contributed by atoms with Crippen molar-refractivity contribution in [2.45, 2.75) is 6.42 Å². The summed E-state index contributed by atoms with van der Waals surface area (Å²) in [6.07, 6.45) is -0.213. The molecule has 0 aliphatic carbocycles. The molecule has 1 rings (SSSR count). The molecule has 0 atom stereocenters. The third-order valence-corrected chi connectivity index (χ3v) is 2.22. The van der Waals surface area contributed by atoms with Crippen molar-refractivity contribution in [1.29, 1.82) is 0 Å². The molecule has 0 saturated heterocycles. The van der Waals surface area contributed by atoms with Crippen LogP contribution in [0.25, 0.3) is 0 Å². The Bertz CT molecular complexity index is 435. The number of oxime groups is 1. The number of nitrogens with two attached hydrogens (primary N) is 1. The lowest BCUT2D eigenvalue weighted by Gasteiger charge is -2.06. The minimum absolute atomic E-state index is 0.178. The number of benzene rings is 1. The van der Waals surface area contributed by atoms with Crippen LogP contribution in [0.15, 0.2) is 23.4 Å². The van der Waals surface area contributed by atoms with Crippen LogP contribution >= 0.6 is 23.2 Å². The van der Waals surface area contributed by atoms with Crippen LogP contribution in [-0.4, -0.2) is 17.0 Å². The van der Waals surface area contributed by atoms with Gasteiger partial charge in [0, 0.05) is 5.02 Å². The van der Waals surface area contributed by atoms with Gasteiger partial charge in [0.1, 0.15) is 5.84 Å². The molecule has 0 spiro atoms. The summed E-state index contributed by atoms with van der Waals surface area (Å²) >= 11 is 11.5. The van der Waals surface area contributed by atoms with Gasteiger partial charge >= 0.3 is 0 Å². The number of carbonyl (C=O) groups is 1. The zero-order chi connectivity index (χ0) is 12.1. The molecule has 0 fully saturated rings. The van der Waals surface area contributed by atoms with Gasteiger partial charge in [0.15, 0.2) is 0 Å². The summed E-state index contributed by atoms with van der Waals surface area (Å²) in [5.41, 5.74) is 5.59. The molecular weight excluding hydrogens is 253 g/mol. The second kappa shape index (κ2) is 5.58. The average Bonchev–Trinajstić information content (AvgIpc) is 2.22. The molecular formula is C9H9Cl2N3O2. The molecule has 0 saturated carbocycles. The van der Waals surface area contributed by atoms with E-state index >= 15 is 0 Å². The number of halogens is 2. The number of hydrogen-bond donors (Lipinski definition) is 3. The molecule has 7 heteroatoms. The van der Waals surface area contributed by atoms with Crippen LogP contribution in [0, 0.1) is 0 Å². The molecule has 16 heavy (non-hydrogen) atoms. The maximum atomic E-state index is 11.3. The van der Waals surface area contributed by atoms with Crippen molar-refractivity contribution in [3.8, 4) is 0 Å². The summed E-state index contributed by atoms with van der Waals surface area (Å²) in [6.45, 7) is 0. The molecule has 0 bridgehead atoms. The number of rotatable bonds is 3. The minimum Gasteiger partial charge on any atom is -0.409 e. The number of anilines is 1. The number of amidine groups is 1. The lowest BCUT2D eigenvalue weighted by Crippen LogP contribution is -2.22. The Kier molecular flexibility index (Phi) is 4.39. The molecule has 0 aromatic heterocycles. The summed E-state index contributed by atoms with van der Waals surface area (Å²) in [7, 11) is 0. The van der Waals surface area contributed by atoms with Crippen LogP contribution in [0.2, 0.25) is 10.0 Å². The highest BCUT2D eigenvalue weighted by atomic mass is 35.5. The number of nitrogens with zero attached hydrogens (tertiary/aromatic N) is 1. The highest BCUT2D eigenvalue weighted by Crippen LogP contribution is 2.25. The van der Waals surface area contributed by atoms with Gasteiger partial charge in [-0.05, 0) is 18.2 Å². The minimum atomic E-state index is -0.431. The van der Waals surface area contributed by atoms with E-state index in [2.05, 4.69) is 10.5 Å².